The third kappa shape index (κ3) is 4.73. The summed E-state index contributed by atoms with van der Waals surface area (Å²) < 4.78 is 15.6. The van der Waals surface area contributed by atoms with Crippen LogP contribution in [0.3, 0.4) is 0 Å². The van der Waals surface area contributed by atoms with Gasteiger partial charge in [0.2, 0.25) is 0 Å². The first kappa shape index (κ1) is 15.3. The predicted molar refractivity (Wildman–Crippen MR) is 60.4 cm³/mol. The molecule has 0 aliphatic rings. The molecule has 0 bridgehead atoms. The molecule has 0 aromatic rings. The van der Waals surface area contributed by atoms with Crippen LogP contribution < -0.4 is 0 Å². The first-order valence-corrected chi connectivity index (χ1v) is 6.07. The van der Waals surface area contributed by atoms with Crippen LogP contribution in [-0.4, -0.2) is 35.9 Å². The monoisotopic (exact) mass is 230 g/mol. The summed E-state index contributed by atoms with van der Waals surface area (Å²) in [5, 5.41) is 0. The van der Waals surface area contributed by atoms with Gasteiger partial charge in [0.05, 0.1) is 0 Å². The van der Waals surface area contributed by atoms with Crippen LogP contribution in [0.4, 0.5) is 0 Å². The average Bonchev–Trinajstić information content (AvgIpc) is 2.08. The molecule has 0 saturated carbocycles. The van der Waals surface area contributed by atoms with Crippen molar-refractivity contribution >= 4 is 34.9 Å². The zero-order valence-electron chi connectivity index (χ0n) is 7.79. The zero-order chi connectivity index (χ0) is 8.74. The van der Waals surface area contributed by atoms with Crippen LogP contribution in [0.1, 0.15) is 6.42 Å². The van der Waals surface area contributed by atoms with E-state index in [4.69, 9.17) is 13.3 Å². The highest BCUT2D eigenvalue weighted by Gasteiger charge is 2.36. The van der Waals surface area contributed by atoms with Crippen LogP contribution >= 0.6 is 26.1 Å². The van der Waals surface area contributed by atoms with Gasteiger partial charge in [0.15, 0.2) is 0 Å². The van der Waals surface area contributed by atoms with Crippen molar-refractivity contribution in [2.45, 2.75) is 12.5 Å². The Morgan fingerprint density at radius 3 is 1.75 bits per heavy atom. The molecule has 0 unspecified atom stereocenters. The largest absolute Gasteiger partial charge is 0.500 e. The molecule has 12 heavy (non-hydrogen) atoms. The summed E-state index contributed by atoms with van der Waals surface area (Å²) in [5.74, 6) is 0.838. The van der Waals surface area contributed by atoms with E-state index < -0.39 is 8.80 Å². The summed E-state index contributed by atoms with van der Waals surface area (Å²) >= 11 is 4.10. The maximum absolute atomic E-state index is 5.20. The van der Waals surface area contributed by atoms with Gasteiger partial charge in [0.25, 0.3) is 0 Å². The maximum atomic E-state index is 5.20. The minimum Gasteiger partial charge on any atom is -0.377 e. The van der Waals surface area contributed by atoms with Crippen LogP contribution in [0.25, 0.3) is 0 Å². The van der Waals surface area contributed by atoms with Crippen molar-refractivity contribution in [3.63, 3.8) is 0 Å². The Balaban J connectivity index is 0. The van der Waals surface area contributed by atoms with Gasteiger partial charge in [-0.3, -0.25) is 0 Å². The maximum Gasteiger partial charge on any atom is 0.500 e. The number of hydrogen-bond donors (Lipinski definition) is 1. The SMILES string of the molecule is CO[Si](CCCS)(OC)OC.S. The lowest BCUT2D eigenvalue weighted by molar-refractivity contribution is 0.123. The molecule has 3 nitrogen and oxygen atoms in total. The number of thiol groups is 1. The molecule has 0 saturated heterocycles. The Labute approximate surface area is 88.0 Å². The number of hydrogen-bond acceptors (Lipinski definition) is 4. The van der Waals surface area contributed by atoms with Crippen molar-refractivity contribution in [1.82, 2.24) is 0 Å². The molecule has 0 radical (unpaired) electrons. The average molecular weight is 230 g/mol. The Hall–Kier alpha value is 0.797. The fourth-order valence-corrected chi connectivity index (χ4v) is 3.03. The molecular weight excluding hydrogens is 212 g/mol. The summed E-state index contributed by atoms with van der Waals surface area (Å²) in [6, 6.07) is 0.833. The van der Waals surface area contributed by atoms with E-state index in [0.29, 0.717) is 0 Å². The molecule has 0 fully saturated rings. The molecule has 0 heterocycles. The lowest BCUT2D eigenvalue weighted by atomic mass is 10.6. The van der Waals surface area contributed by atoms with E-state index in [2.05, 4.69) is 12.6 Å². The normalized spacial score (nSPS) is 11.0. The van der Waals surface area contributed by atoms with Crippen LogP contribution in [-0.2, 0) is 13.3 Å². The highest BCUT2D eigenvalue weighted by Crippen LogP contribution is 2.14. The van der Waals surface area contributed by atoms with Gasteiger partial charge in [-0.1, -0.05) is 0 Å². The smallest absolute Gasteiger partial charge is 0.377 e. The second-order valence-corrected chi connectivity index (χ2v) is 5.66. The van der Waals surface area contributed by atoms with Crippen LogP contribution in [0.2, 0.25) is 6.04 Å². The molecule has 0 aliphatic carbocycles. The summed E-state index contributed by atoms with van der Waals surface area (Å²) in [4.78, 5) is 0. The van der Waals surface area contributed by atoms with E-state index in [1.165, 1.54) is 0 Å². The standard InChI is InChI=1S/C6H16O3SSi.H2S/c1-7-11(8-2,9-3)6-4-5-10;/h10H,4-6H2,1-3H3;1H2. The second kappa shape index (κ2) is 8.40. The lowest BCUT2D eigenvalue weighted by Gasteiger charge is -2.23. The minimum absolute atomic E-state index is 0. The van der Waals surface area contributed by atoms with Gasteiger partial charge in [-0.25, -0.2) is 0 Å². The number of rotatable bonds is 6. The quantitative estimate of drug-likeness (QED) is 0.550. The van der Waals surface area contributed by atoms with Crippen LogP contribution in [0.5, 0.6) is 0 Å². The molecule has 0 aromatic heterocycles. The molecule has 0 N–H and O–H groups in total. The van der Waals surface area contributed by atoms with Crippen LogP contribution in [0.15, 0.2) is 0 Å². The van der Waals surface area contributed by atoms with Crippen molar-refractivity contribution in [3.8, 4) is 0 Å². The fourth-order valence-electron chi connectivity index (χ4n) is 0.852. The third-order valence-electron chi connectivity index (χ3n) is 1.57. The van der Waals surface area contributed by atoms with Gasteiger partial charge in [0.1, 0.15) is 0 Å². The van der Waals surface area contributed by atoms with Crippen molar-refractivity contribution < 1.29 is 13.3 Å². The van der Waals surface area contributed by atoms with E-state index >= 15 is 0 Å². The Morgan fingerprint density at radius 2 is 1.50 bits per heavy atom. The van der Waals surface area contributed by atoms with Gasteiger partial charge >= 0.3 is 8.80 Å². The van der Waals surface area contributed by atoms with Crippen LogP contribution in [0, 0.1) is 0 Å². The molecule has 0 rings (SSSR count). The minimum atomic E-state index is -2.29. The topological polar surface area (TPSA) is 27.7 Å². The van der Waals surface area contributed by atoms with E-state index in [1.807, 2.05) is 0 Å². The van der Waals surface area contributed by atoms with Crippen molar-refractivity contribution in [1.29, 1.82) is 0 Å². The molecule has 0 amide bonds. The summed E-state index contributed by atoms with van der Waals surface area (Å²) in [6.07, 6.45) is 0.963. The predicted octanol–water partition coefficient (Wildman–Crippen LogP) is 1.30. The first-order chi connectivity index (χ1) is 5.24. The summed E-state index contributed by atoms with van der Waals surface area (Å²) in [7, 11) is 2.58. The first-order valence-electron chi connectivity index (χ1n) is 3.51. The summed E-state index contributed by atoms with van der Waals surface area (Å²) in [6.45, 7) is 0. The van der Waals surface area contributed by atoms with Crippen molar-refractivity contribution in [2.75, 3.05) is 27.1 Å². The highest BCUT2D eigenvalue weighted by atomic mass is 32.1. The van der Waals surface area contributed by atoms with E-state index in [1.54, 1.807) is 21.3 Å². The third-order valence-corrected chi connectivity index (χ3v) is 4.72. The van der Waals surface area contributed by atoms with Gasteiger partial charge in [0, 0.05) is 27.4 Å². The van der Waals surface area contributed by atoms with Gasteiger partial charge in [-0.15, -0.1) is 0 Å². The fraction of sp³-hybridized carbons (Fsp3) is 1.00. The molecule has 0 spiro atoms. The zero-order valence-corrected chi connectivity index (χ0v) is 10.7. The molecule has 0 aromatic carbocycles. The Bertz CT molecular complexity index is 92.5. The Morgan fingerprint density at radius 1 is 1.08 bits per heavy atom. The van der Waals surface area contributed by atoms with E-state index in [0.717, 1.165) is 18.2 Å². The molecule has 76 valence electrons. The second-order valence-electron chi connectivity index (χ2n) is 2.12. The molecule has 0 aliphatic heterocycles. The highest BCUT2D eigenvalue weighted by molar-refractivity contribution is 7.80. The van der Waals surface area contributed by atoms with Gasteiger partial charge < -0.3 is 13.3 Å². The van der Waals surface area contributed by atoms with Gasteiger partial charge in [-0.05, 0) is 12.2 Å². The molecule has 0 atom stereocenters. The summed E-state index contributed by atoms with van der Waals surface area (Å²) in [5.41, 5.74) is 0. The van der Waals surface area contributed by atoms with Crippen molar-refractivity contribution in [3.05, 3.63) is 0 Å². The Kier molecular flexibility index (Phi) is 10.7. The lowest BCUT2D eigenvalue weighted by Crippen LogP contribution is -2.42. The molecule has 6 heteroatoms. The van der Waals surface area contributed by atoms with E-state index in [-0.39, 0.29) is 13.5 Å². The van der Waals surface area contributed by atoms with Crippen molar-refractivity contribution in [2.24, 2.45) is 0 Å². The van der Waals surface area contributed by atoms with E-state index in [9.17, 15) is 0 Å². The molecular formula is C6H18O3S2Si. The van der Waals surface area contributed by atoms with Gasteiger partial charge in [-0.2, -0.15) is 26.1 Å².